The number of methoxy groups -OCH3 is 1. The van der Waals surface area contributed by atoms with E-state index >= 15 is 0 Å². The number of carbonyl (C=O) groups is 1. The second-order valence-electron chi connectivity index (χ2n) is 5.17. The van der Waals surface area contributed by atoms with Crippen LogP contribution in [0.5, 0.6) is 5.75 Å². The van der Waals surface area contributed by atoms with Crippen LogP contribution in [-0.2, 0) is 4.74 Å². The topological polar surface area (TPSA) is 67.5 Å². The monoisotopic (exact) mass is 313 g/mol. The third-order valence-electron chi connectivity index (χ3n) is 3.81. The molecular formula is C17H19N3O3. The van der Waals surface area contributed by atoms with E-state index in [9.17, 15) is 4.79 Å². The quantitative estimate of drug-likeness (QED) is 0.944. The van der Waals surface area contributed by atoms with Gasteiger partial charge in [0.2, 0.25) is 0 Å². The number of aromatic amines is 1. The SMILES string of the molecule is CCN(C(=O)OC)c1ccc2c(c1)C(=Cc1cnc[nH]1)CCO2. The summed E-state index contributed by atoms with van der Waals surface area (Å²) in [5.41, 5.74) is 3.88. The number of benzene rings is 1. The fraction of sp³-hybridized carbons (Fsp3) is 0.294. The Morgan fingerprint density at radius 1 is 1.52 bits per heavy atom. The number of hydrogen-bond acceptors (Lipinski definition) is 4. The molecule has 0 fully saturated rings. The minimum atomic E-state index is -0.372. The molecule has 0 spiro atoms. The normalized spacial score (nSPS) is 15.0. The molecule has 1 aliphatic rings. The van der Waals surface area contributed by atoms with E-state index in [4.69, 9.17) is 9.47 Å². The van der Waals surface area contributed by atoms with Crippen LogP contribution in [0.25, 0.3) is 11.6 Å². The minimum absolute atomic E-state index is 0.372. The van der Waals surface area contributed by atoms with Gasteiger partial charge in [-0.1, -0.05) is 0 Å². The van der Waals surface area contributed by atoms with Gasteiger partial charge in [0.15, 0.2) is 0 Å². The molecule has 0 saturated heterocycles. The van der Waals surface area contributed by atoms with Crippen LogP contribution in [0.2, 0.25) is 0 Å². The number of hydrogen-bond donors (Lipinski definition) is 1. The number of imidazole rings is 1. The van der Waals surface area contributed by atoms with Gasteiger partial charge in [0, 0.05) is 24.2 Å². The fourth-order valence-corrected chi connectivity index (χ4v) is 2.68. The van der Waals surface area contributed by atoms with Crippen molar-refractivity contribution in [2.75, 3.05) is 25.2 Å². The highest BCUT2D eigenvalue weighted by Gasteiger charge is 2.20. The standard InChI is InChI=1S/C17H19N3O3/c1-3-20(17(21)22-2)14-4-5-16-15(9-14)12(6-7-23-16)8-13-10-18-11-19-13/h4-5,8-11H,3,6-7H2,1-2H3,(H,18,19). The molecule has 6 nitrogen and oxygen atoms in total. The number of aromatic nitrogens is 2. The van der Waals surface area contributed by atoms with Crippen LogP contribution in [0.3, 0.4) is 0 Å². The fourth-order valence-electron chi connectivity index (χ4n) is 2.68. The Morgan fingerprint density at radius 3 is 3.09 bits per heavy atom. The average molecular weight is 313 g/mol. The molecule has 1 aromatic heterocycles. The summed E-state index contributed by atoms with van der Waals surface area (Å²) in [7, 11) is 1.39. The summed E-state index contributed by atoms with van der Waals surface area (Å²) in [6.45, 7) is 3.08. The molecule has 2 aromatic rings. The van der Waals surface area contributed by atoms with E-state index in [0.29, 0.717) is 13.2 Å². The van der Waals surface area contributed by atoms with Gasteiger partial charge in [-0.25, -0.2) is 9.78 Å². The summed E-state index contributed by atoms with van der Waals surface area (Å²) >= 11 is 0. The number of ether oxygens (including phenoxy) is 2. The molecule has 1 aromatic carbocycles. The molecule has 0 radical (unpaired) electrons. The van der Waals surface area contributed by atoms with Crippen molar-refractivity contribution in [3.8, 4) is 5.75 Å². The van der Waals surface area contributed by atoms with Gasteiger partial charge in [0.05, 0.1) is 31.9 Å². The third kappa shape index (κ3) is 3.06. The van der Waals surface area contributed by atoms with E-state index in [0.717, 1.165) is 34.7 Å². The Labute approximate surface area is 134 Å². The maximum Gasteiger partial charge on any atom is 0.413 e. The lowest BCUT2D eigenvalue weighted by molar-refractivity contribution is 0.179. The molecule has 3 rings (SSSR count). The Balaban J connectivity index is 2.01. The van der Waals surface area contributed by atoms with Gasteiger partial charge in [0.25, 0.3) is 0 Å². The molecule has 2 heterocycles. The van der Waals surface area contributed by atoms with Crippen LogP contribution in [0.15, 0.2) is 30.7 Å². The first-order valence-electron chi connectivity index (χ1n) is 7.54. The number of anilines is 1. The Bertz CT molecular complexity index is 723. The number of rotatable bonds is 3. The Morgan fingerprint density at radius 2 is 2.39 bits per heavy atom. The molecule has 6 heteroatoms. The van der Waals surface area contributed by atoms with Gasteiger partial charge in [-0.15, -0.1) is 0 Å². The van der Waals surface area contributed by atoms with Gasteiger partial charge < -0.3 is 14.5 Å². The highest BCUT2D eigenvalue weighted by atomic mass is 16.5. The first-order valence-corrected chi connectivity index (χ1v) is 7.54. The predicted molar refractivity (Wildman–Crippen MR) is 88.4 cm³/mol. The van der Waals surface area contributed by atoms with Crippen molar-refractivity contribution < 1.29 is 14.3 Å². The molecule has 1 aliphatic heterocycles. The van der Waals surface area contributed by atoms with Gasteiger partial charge in [-0.3, -0.25) is 4.90 Å². The van der Waals surface area contributed by atoms with Crippen LogP contribution in [0, 0.1) is 0 Å². The zero-order chi connectivity index (χ0) is 16.2. The molecule has 23 heavy (non-hydrogen) atoms. The molecule has 120 valence electrons. The van der Waals surface area contributed by atoms with Crippen LogP contribution < -0.4 is 9.64 Å². The molecule has 0 atom stereocenters. The minimum Gasteiger partial charge on any atom is -0.493 e. The smallest absolute Gasteiger partial charge is 0.413 e. The third-order valence-corrected chi connectivity index (χ3v) is 3.81. The highest BCUT2D eigenvalue weighted by Crippen LogP contribution is 2.36. The summed E-state index contributed by atoms with van der Waals surface area (Å²) in [5.74, 6) is 0.826. The van der Waals surface area contributed by atoms with E-state index in [1.165, 1.54) is 7.11 Å². The van der Waals surface area contributed by atoms with Crippen molar-refractivity contribution in [3.05, 3.63) is 42.0 Å². The molecule has 0 saturated carbocycles. The van der Waals surface area contributed by atoms with E-state index in [1.807, 2.05) is 25.1 Å². The molecule has 0 bridgehead atoms. The zero-order valence-electron chi connectivity index (χ0n) is 13.2. The van der Waals surface area contributed by atoms with Gasteiger partial charge in [0.1, 0.15) is 5.75 Å². The molecule has 0 aliphatic carbocycles. The second kappa shape index (κ2) is 6.56. The van der Waals surface area contributed by atoms with Crippen molar-refractivity contribution in [2.24, 2.45) is 0 Å². The van der Waals surface area contributed by atoms with Crippen molar-refractivity contribution >= 4 is 23.4 Å². The van der Waals surface area contributed by atoms with Gasteiger partial charge >= 0.3 is 6.09 Å². The predicted octanol–water partition coefficient (Wildman–Crippen LogP) is 3.33. The molecular weight excluding hydrogens is 294 g/mol. The van der Waals surface area contributed by atoms with E-state index < -0.39 is 0 Å². The van der Waals surface area contributed by atoms with Crippen LogP contribution in [-0.4, -0.2) is 36.3 Å². The first-order chi connectivity index (χ1) is 11.2. The highest BCUT2D eigenvalue weighted by molar-refractivity contribution is 5.90. The number of carbonyl (C=O) groups excluding carboxylic acids is 1. The van der Waals surface area contributed by atoms with Crippen molar-refractivity contribution in [2.45, 2.75) is 13.3 Å². The Kier molecular flexibility index (Phi) is 4.32. The second-order valence-corrected chi connectivity index (χ2v) is 5.17. The summed E-state index contributed by atoms with van der Waals surface area (Å²) < 4.78 is 10.6. The van der Waals surface area contributed by atoms with Crippen LogP contribution >= 0.6 is 0 Å². The number of H-pyrrole nitrogens is 1. The lowest BCUT2D eigenvalue weighted by atomic mass is 9.98. The summed E-state index contributed by atoms with van der Waals surface area (Å²) in [4.78, 5) is 20.6. The maximum absolute atomic E-state index is 11.9. The van der Waals surface area contributed by atoms with Crippen LogP contribution in [0.4, 0.5) is 10.5 Å². The molecule has 1 amide bonds. The number of nitrogens with one attached hydrogen (secondary N) is 1. The van der Waals surface area contributed by atoms with E-state index in [2.05, 4.69) is 16.0 Å². The van der Waals surface area contributed by atoms with Crippen molar-refractivity contribution in [1.29, 1.82) is 0 Å². The zero-order valence-corrected chi connectivity index (χ0v) is 13.2. The van der Waals surface area contributed by atoms with Crippen molar-refractivity contribution in [1.82, 2.24) is 9.97 Å². The van der Waals surface area contributed by atoms with Gasteiger partial charge in [-0.2, -0.15) is 0 Å². The number of nitrogens with zero attached hydrogens (tertiary/aromatic N) is 2. The number of amides is 1. The van der Waals surface area contributed by atoms with Gasteiger partial charge in [-0.05, 0) is 36.8 Å². The number of fused-ring (bicyclic) bond motifs is 1. The summed E-state index contributed by atoms with van der Waals surface area (Å²) in [6.07, 6.45) is 5.92. The first kappa shape index (κ1) is 15.1. The van der Waals surface area contributed by atoms with Crippen molar-refractivity contribution in [3.63, 3.8) is 0 Å². The van der Waals surface area contributed by atoms with E-state index in [1.54, 1.807) is 17.4 Å². The lowest BCUT2D eigenvalue weighted by Crippen LogP contribution is -2.30. The van der Waals surface area contributed by atoms with Crippen LogP contribution in [0.1, 0.15) is 24.6 Å². The Hall–Kier alpha value is -2.76. The summed E-state index contributed by atoms with van der Waals surface area (Å²) in [6, 6.07) is 5.74. The average Bonchev–Trinajstić information content (AvgIpc) is 3.09. The summed E-state index contributed by atoms with van der Waals surface area (Å²) in [5, 5.41) is 0. The molecule has 1 N–H and O–H groups in total. The maximum atomic E-state index is 11.9. The largest absolute Gasteiger partial charge is 0.493 e. The lowest BCUT2D eigenvalue weighted by Gasteiger charge is -2.24. The van der Waals surface area contributed by atoms with E-state index in [-0.39, 0.29) is 6.09 Å². The molecule has 0 unspecified atom stereocenters.